The number of rotatable bonds is 7. The van der Waals surface area contributed by atoms with Crippen molar-refractivity contribution in [2.75, 3.05) is 19.8 Å². The third kappa shape index (κ3) is 5.10. The van der Waals surface area contributed by atoms with Crippen molar-refractivity contribution < 1.29 is 42.0 Å². The highest BCUT2D eigenvalue weighted by Crippen LogP contribution is 2.41. The van der Waals surface area contributed by atoms with Crippen LogP contribution in [0.25, 0.3) is 0 Å². The van der Waals surface area contributed by atoms with Crippen LogP contribution < -0.4 is 0 Å². The maximum Gasteiger partial charge on any atom is 0.335 e. The Labute approximate surface area is 184 Å². The highest BCUT2D eigenvalue weighted by molar-refractivity contribution is 7.91. The molecule has 1 heterocycles. The summed E-state index contributed by atoms with van der Waals surface area (Å²) in [4.78, 5) is 12.6. The molecule has 1 aliphatic heterocycles. The Morgan fingerprint density at radius 2 is 1.94 bits per heavy atom. The second kappa shape index (κ2) is 9.51. The van der Waals surface area contributed by atoms with Gasteiger partial charge in [0.2, 0.25) is 0 Å². The molecule has 1 saturated heterocycles. The number of sulfone groups is 1. The van der Waals surface area contributed by atoms with Gasteiger partial charge in [0.05, 0.1) is 36.4 Å². The van der Waals surface area contributed by atoms with Gasteiger partial charge >= 0.3 is 5.97 Å². The minimum Gasteiger partial charge on any atom is -0.463 e. The van der Waals surface area contributed by atoms with Crippen LogP contribution in [-0.4, -0.2) is 67.7 Å². The molecule has 3 rings (SSSR count). The van der Waals surface area contributed by atoms with E-state index in [1.165, 1.54) is 12.1 Å². The summed E-state index contributed by atoms with van der Waals surface area (Å²) in [5.74, 6) is -3.38. The quantitative estimate of drug-likeness (QED) is 0.566. The van der Waals surface area contributed by atoms with E-state index < -0.39 is 63.8 Å². The van der Waals surface area contributed by atoms with Gasteiger partial charge in [-0.25, -0.2) is 17.6 Å². The summed E-state index contributed by atoms with van der Waals surface area (Å²) in [5.41, 5.74) is 0.0576. The predicted octanol–water partition coefficient (Wildman–Crippen LogP) is 1.51. The Balaban J connectivity index is 1.95. The van der Waals surface area contributed by atoms with Crippen LogP contribution >= 0.6 is 11.6 Å². The zero-order chi connectivity index (χ0) is 22.8. The second-order valence-electron chi connectivity index (χ2n) is 7.38. The monoisotopic (exact) mass is 478 g/mol. The Morgan fingerprint density at radius 3 is 2.48 bits per heavy atom. The molecule has 1 aromatic carbocycles. The summed E-state index contributed by atoms with van der Waals surface area (Å²) in [5, 5.41) is 17.7. The fourth-order valence-electron chi connectivity index (χ4n) is 3.81. The Morgan fingerprint density at radius 1 is 1.29 bits per heavy atom. The summed E-state index contributed by atoms with van der Waals surface area (Å²) in [6.45, 7) is 0.783. The van der Waals surface area contributed by atoms with E-state index >= 15 is 0 Å². The first-order valence-corrected chi connectivity index (χ1v) is 11.9. The average Bonchev–Trinajstić information content (AvgIpc) is 3.07. The lowest BCUT2D eigenvalue weighted by Crippen LogP contribution is -2.41. The number of benzene rings is 1. The molecule has 11 heteroatoms. The number of hydrogen-bond donors (Lipinski definition) is 2. The molecule has 2 N–H and O–H groups in total. The molecule has 172 valence electrons. The maximum atomic E-state index is 13.3. The highest BCUT2D eigenvalue weighted by Gasteiger charge is 2.51. The van der Waals surface area contributed by atoms with Gasteiger partial charge in [0.15, 0.2) is 15.6 Å². The minimum absolute atomic E-state index is 0.0257. The van der Waals surface area contributed by atoms with Crippen molar-refractivity contribution in [2.24, 2.45) is 0 Å². The van der Waals surface area contributed by atoms with Crippen molar-refractivity contribution in [3.63, 3.8) is 0 Å². The van der Waals surface area contributed by atoms with E-state index in [1.54, 1.807) is 6.92 Å². The first-order chi connectivity index (χ1) is 14.6. The van der Waals surface area contributed by atoms with E-state index in [1.807, 2.05) is 0 Å². The van der Waals surface area contributed by atoms with Gasteiger partial charge in [0.1, 0.15) is 18.0 Å². The normalized spacial score (nSPS) is 25.5. The Bertz CT molecular complexity index is 952. The summed E-state index contributed by atoms with van der Waals surface area (Å²) >= 11 is 5.99. The van der Waals surface area contributed by atoms with Gasteiger partial charge in [-0.05, 0) is 37.1 Å². The number of esters is 1. The molecule has 3 atom stereocenters. The first-order valence-electron chi connectivity index (χ1n) is 9.77. The van der Waals surface area contributed by atoms with E-state index in [9.17, 15) is 27.8 Å². The van der Waals surface area contributed by atoms with Crippen LogP contribution in [0.2, 0.25) is 5.02 Å². The molecule has 0 radical (unpaired) electrons. The molecule has 0 saturated carbocycles. The van der Waals surface area contributed by atoms with Crippen molar-refractivity contribution in [3.8, 4) is 0 Å². The zero-order valence-electron chi connectivity index (χ0n) is 16.8. The van der Waals surface area contributed by atoms with Crippen LogP contribution in [0.1, 0.15) is 25.3 Å². The minimum atomic E-state index is -3.95. The lowest BCUT2D eigenvalue weighted by Gasteiger charge is -2.33. The van der Waals surface area contributed by atoms with Crippen molar-refractivity contribution in [1.82, 2.24) is 0 Å². The number of halogens is 2. The highest BCUT2D eigenvalue weighted by atomic mass is 35.5. The molecule has 0 unspecified atom stereocenters. The lowest BCUT2D eigenvalue weighted by molar-refractivity contribution is -0.154. The topological polar surface area (TPSA) is 119 Å². The predicted molar refractivity (Wildman–Crippen MR) is 108 cm³/mol. The molecule has 8 nitrogen and oxygen atoms in total. The number of hydrogen-bond acceptors (Lipinski definition) is 8. The van der Waals surface area contributed by atoms with Gasteiger partial charge in [-0.3, -0.25) is 0 Å². The molecule has 1 spiro atoms. The van der Waals surface area contributed by atoms with Crippen LogP contribution in [0.4, 0.5) is 4.39 Å². The smallest absolute Gasteiger partial charge is 0.335 e. The van der Waals surface area contributed by atoms with Gasteiger partial charge in [-0.15, -0.1) is 0 Å². The molecule has 0 bridgehead atoms. The number of ether oxygens (including phenoxy) is 3. The SMILES string of the molecule is CCOC(=O)C1=CC2(CC[C@H]1S(=O)(=O)Cc1ccc(F)cc1Cl)O[C@H](CO)[C@@H](CO)O2. The van der Waals surface area contributed by atoms with Gasteiger partial charge in [0.25, 0.3) is 0 Å². The van der Waals surface area contributed by atoms with Crippen LogP contribution in [0.3, 0.4) is 0 Å². The Kier molecular flexibility index (Phi) is 7.39. The number of carbonyl (C=O) groups is 1. The van der Waals surface area contributed by atoms with Crippen LogP contribution in [-0.2, 0) is 34.6 Å². The van der Waals surface area contributed by atoms with Gasteiger partial charge in [-0.1, -0.05) is 17.7 Å². The third-order valence-electron chi connectivity index (χ3n) is 5.27. The second-order valence-corrected chi connectivity index (χ2v) is 9.97. The van der Waals surface area contributed by atoms with Gasteiger partial charge in [-0.2, -0.15) is 0 Å². The Hall–Kier alpha value is -1.56. The molecule has 1 aliphatic carbocycles. The van der Waals surface area contributed by atoms with Gasteiger partial charge < -0.3 is 24.4 Å². The third-order valence-corrected chi connectivity index (χ3v) is 7.69. The largest absolute Gasteiger partial charge is 0.463 e. The number of aliphatic hydroxyl groups is 2. The molecule has 31 heavy (non-hydrogen) atoms. The average molecular weight is 479 g/mol. The summed E-state index contributed by atoms with van der Waals surface area (Å²) in [6.07, 6.45) is -0.334. The van der Waals surface area contributed by atoms with E-state index in [0.29, 0.717) is 0 Å². The van der Waals surface area contributed by atoms with E-state index in [-0.39, 0.29) is 35.6 Å². The fourth-order valence-corrected chi connectivity index (χ4v) is 6.04. The molecule has 0 aromatic heterocycles. The van der Waals surface area contributed by atoms with E-state index in [0.717, 1.165) is 12.1 Å². The van der Waals surface area contributed by atoms with E-state index in [4.69, 9.17) is 25.8 Å². The first kappa shape index (κ1) is 24.1. The number of aliphatic hydroxyl groups excluding tert-OH is 2. The summed E-state index contributed by atoms with van der Waals surface area (Å²) in [6, 6.07) is 3.42. The molecule has 0 amide bonds. The van der Waals surface area contributed by atoms with Crippen LogP contribution in [0.15, 0.2) is 29.8 Å². The zero-order valence-corrected chi connectivity index (χ0v) is 18.4. The number of carbonyl (C=O) groups excluding carboxylic acids is 1. The molecule has 1 fully saturated rings. The summed E-state index contributed by atoms with van der Waals surface area (Å²) < 4.78 is 56.2. The fraction of sp³-hybridized carbons (Fsp3) is 0.550. The van der Waals surface area contributed by atoms with Crippen molar-refractivity contribution in [3.05, 3.63) is 46.3 Å². The van der Waals surface area contributed by atoms with Crippen molar-refractivity contribution in [2.45, 2.75) is 48.8 Å². The molecular weight excluding hydrogens is 455 g/mol. The standard InChI is InChI=1S/C20H24ClFO8S/c1-2-28-19(25)14-8-20(29-16(9-23)17(10-24)30-20)6-5-18(14)31(26,27)11-12-3-4-13(22)7-15(12)21/h3-4,7-8,16-18,23-24H,2,5-6,9-11H2,1H3/t16-,17-,18-/m1/s1. The lowest BCUT2D eigenvalue weighted by atomic mass is 9.94. The van der Waals surface area contributed by atoms with Crippen molar-refractivity contribution in [1.29, 1.82) is 0 Å². The van der Waals surface area contributed by atoms with Crippen LogP contribution in [0, 0.1) is 5.82 Å². The van der Waals surface area contributed by atoms with Crippen molar-refractivity contribution >= 4 is 27.4 Å². The van der Waals surface area contributed by atoms with Gasteiger partial charge in [0, 0.05) is 11.4 Å². The molecule has 2 aliphatic rings. The summed E-state index contributed by atoms with van der Waals surface area (Å²) in [7, 11) is -3.95. The molecular formula is C20H24ClFO8S. The molecule has 1 aromatic rings. The maximum absolute atomic E-state index is 13.3. The van der Waals surface area contributed by atoms with Crippen LogP contribution in [0.5, 0.6) is 0 Å². The van der Waals surface area contributed by atoms with E-state index in [2.05, 4.69) is 0 Å².